The van der Waals surface area contributed by atoms with Gasteiger partial charge in [0.15, 0.2) is 0 Å². The quantitative estimate of drug-likeness (QED) is 0.861. The van der Waals surface area contributed by atoms with Crippen molar-refractivity contribution in [2.24, 2.45) is 0 Å². The smallest absolute Gasteiger partial charge is 0.0552 e. The molecule has 1 N–H and O–H groups in total. The number of aliphatic hydroxyl groups is 1. The molecule has 0 aromatic heterocycles. The number of aliphatic hydroxyl groups excluding tert-OH is 1. The zero-order valence-corrected chi connectivity index (χ0v) is 9.97. The lowest BCUT2D eigenvalue weighted by Crippen LogP contribution is -2.04. The Bertz CT molecular complexity index is 344. The minimum atomic E-state index is -0.249. The summed E-state index contributed by atoms with van der Waals surface area (Å²) in [6.07, 6.45) is 4.17. The van der Waals surface area contributed by atoms with E-state index in [1.54, 1.807) is 0 Å². The molecule has 1 atom stereocenters. The van der Waals surface area contributed by atoms with Crippen LogP contribution in [-0.4, -0.2) is 11.2 Å². The molecule has 1 unspecified atom stereocenters. The van der Waals surface area contributed by atoms with Gasteiger partial charge in [0.1, 0.15) is 0 Å². The molecule has 1 aliphatic carbocycles. The predicted molar refractivity (Wildman–Crippen MR) is 61.6 cm³/mol. The van der Waals surface area contributed by atoms with Gasteiger partial charge >= 0.3 is 0 Å². The van der Waals surface area contributed by atoms with Crippen molar-refractivity contribution in [2.75, 3.05) is 0 Å². The first kappa shape index (κ1) is 10.2. The van der Waals surface area contributed by atoms with Crippen molar-refractivity contribution >= 4 is 15.9 Å². The van der Waals surface area contributed by atoms with Crippen LogP contribution in [0.4, 0.5) is 0 Å². The highest BCUT2D eigenvalue weighted by molar-refractivity contribution is 9.10. The van der Waals surface area contributed by atoms with E-state index in [1.807, 2.05) is 6.92 Å². The molecule has 1 aromatic rings. The topological polar surface area (TPSA) is 20.2 Å². The standard InChI is InChI=1S/C12H15BrO/c1-8(14)5-9-6-10-3-2-4-11(10)12(13)7-9/h6-8,14H,2-5H2,1H3. The molecular formula is C12H15BrO. The number of hydrogen-bond acceptors (Lipinski definition) is 1. The maximum Gasteiger partial charge on any atom is 0.0552 e. The van der Waals surface area contributed by atoms with Gasteiger partial charge in [0.05, 0.1) is 6.10 Å². The number of halogens is 1. The fraction of sp³-hybridized carbons (Fsp3) is 0.500. The normalized spacial score (nSPS) is 16.8. The summed E-state index contributed by atoms with van der Waals surface area (Å²) in [6, 6.07) is 4.40. The Morgan fingerprint density at radius 1 is 1.43 bits per heavy atom. The van der Waals surface area contributed by atoms with E-state index in [9.17, 15) is 5.11 Å². The molecule has 1 aliphatic rings. The maximum absolute atomic E-state index is 9.33. The minimum Gasteiger partial charge on any atom is -0.393 e. The van der Waals surface area contributed by atoms with E-state index in [4.69, 9.17) is 0 Å². The van der Waals surface area contributed by atoms with Gasteiger partial charge in [-0.05, 0) is 55.4 Å². The zero-order valence-electron chi connectivity index (χ0n) is 8.39. The highest BCUT2D eigenvalue weighted by Gasteiger charge is 2.15. The fourth-order valence-corrected chi connectivity index (χ4v) is 2.92. The number of rotatable bonds is 2. The maximum atomic E-state index is 9.33. The van der Waals surface area contributed by atoms with Crippen LogP contribution in [0.25, 0.3) is 0 Å². The molecule has 14 heavy (non-hydrogen) atoms. The van der Waals surface area contributed by atoms with Gasteiger partial charge in [0.2, 0.25) is 0 Å². The van der Waals surface area contributed by atoms with Gasteiger partial charge in [0.25, 0.3) is 0 Å². The minimum absolute atomic E-state index is 0.249. The third kappa shape index (κ3) is 2.01. The van der Waals surface area contributed by atoms with E-state index >= 15 is 0 Å². The molecule has 0 saturated heterocycles. The Labute approximate surface area is 93.3 Å². The van der Waals surface area contributed by atoms with Crippen molar-refractivity contribution in [3.8, 4) is 0 Å². The van der Waals surface area contributed by atoms with E-state index in [1.165, 1.54) is 40.4 Å². The van der Waals surface area contributed by atoms with E-state index in [0.29, 0.717) is 0 Å². The van der Waals surface area contributed by atoms with Crippen molar-refractivity contribution in [1.29, 1.82) is 0 Å². The number of benzene rings is 1. The Hall–Kier alpha value is -0.340. The number of hydrogen-bond donors (Lipinski definition) is 1. The monoisotopic (exact) mass is 254 g/mol. The van der Waals surface area contributed by atoms with Gasteiger partial charge in [-0.25, -0.2) is 0 Å². The van der Waals surface area contributed by atoms with Gasteiger partial charge in [-0.15, -0.1) is 0 Å². The SMILES string of the molecule is CC(O)Cc1cc(Br)c2c(c1)CCC2. The van der Waals surface area contributed by atoms with Gasteiger partial charge < -0.3 is 5.11 Å². The van der Waals surface area contributed by atoms with Crippen molar-refractivity contribution < 1.29 is 5.11 Å². The molecule has 0 spiro atoms. The first-order chi connectivity index (χ1) is 6.66. The average molecular weight is 255 g/mol. The molecule has 0 amide bonds. The number of fused-ring (bicyclic) bond motifs is 1. The zero-order chi connectivity index (χ0) is 10.1. The van der Waals surface area contributed by atoms with Crippen LogP contribution in [0, 0.1) is 0 Å². The summed E-state index contributed by atoms with van der Waals surface area (Å²) in [6.45, 7) is 1.83. The molecular weight excluding hydrogens is 240 g/mol. The second-order valence-electron chi connectivity index (χ2n) is 4.12. The van der Waals surface area contributed by atoms with Crippen LogP contribution in [0.1, 0.15) is 30.0 Å². The van der Waals surface area contributed by atoms with E-state index < -0.39 is 0 Å². The van der Waals surface area contributed by atoms with Crippen LogP contribution >= 0.6 is 15.9 Å². The van der Waals surface area contributed by atoms with E-state index in [2.05, 4.69) is 28.1 Å². The molecule has 1 aromatic carbocycles. The molecule has 0 radical (unpaired) electrons. The summed E-state index contributed by atoms with van der Waals surface area (Å²) in [4.78, 5) is 0. The summed E-state index contributed by atoms with van der Waals surface area (Å²) in [5.41, 5.74) is 4.18. The Balaban J connectivity index is 2.32. The van der Waals surface area contributed by atoms with Crippen LogP contribution < -0.4 is 0 Å². The third-order valence-corrected chi connectivity index (χ3v) is 3.46. The second kappa shape index (κ2) is 4.03. The lowest BCUT2D eigenvalue weighted by atomic mass is 10.0. The highest BCUT2D eigenvalue weighted by atomic mass is 79.9. The van der Waals surface area contributed by atoms with Gasteiger partial charge in [-0.3, -0.25) is 0 Å². The third-order valence-electron chi connectivity index (χ3n) is 2.75. The summed E-state index contributed by atoms with van der Waals surface area (Å²) in [7, 11) is 0. The van der Waals surface area contributed by atoms with Crippen molar-refractivity contribution in [1.82, 2.24) is 0 Å². The van der Waals surface area contributed by atoms with Crippen LogP contribution in [-0.2, 0) is 19.3 Å². The van der Waals surface area contributed by atoms with Crippen LogP contribution in [0.5, 0.6) is 0 Å². The summed E-state index contributed by atoms with van der Waals surface area (Å²) < 4.78 is 1.23. The summed E-state index contributed by atoms with van der Waals surface area (Å²) in [5.74, 6) is 0. The lowest BCUT2D eigenvalue weighted by Gasteiger charge is -2.09. The van der Waals surface area contributed by atoms with E-state index in [0.717, 1.165) is 6.42 Å². The van der Waals surface area contributed by atoms with E-state index in [-0.39, 0.29) is 6.10 Å². The van der Waals surface area contributed by atoms with Crippen LogP contribution in [0.3, 0.4) is 0 Å². The first-order valence-electron chi connectivity index (χ1n) is 5.15. The van der Waals surface area contributed by atoms with Crippen molar-refractivity contribution in [2.45, 2.75) is 38.7 Å². The molecule has 0 saturated carbocycles. The molecule has 2 rings (SSSR count). The molecule has 0 heterocycles. The molecule has 0 aliphatic heterocycles. The fourth-order valence-electron chi connectivity index (χ4n) is 2.17. The summed E-state index contributed by atoms with van der Waals surface area (Å²) >= 11 is 3.61. The van der Waals surface area contributed by atoms with Crippen molar-refractivity contribution in [3.63, 3.8) is 0 Å². The first-order valence-corrected chi connectivity index (χ1v) is 5.94. The van der Waals surface area contributed by atoms with Crippen LogP contribution in [0.15, 0.2) is 16.6 Å². The Morgan fingerprint density at radius 3 is 2.93 bits per heavy atom. The Morgan fingerprint density at radius 2 is 2.21 bits per heavy atom. The second-order valence-corrected chi connectivity index (χ2v) is 4.98. The molecule has 2 heteroatoms. The average Bonchev–Trinajstić information content (AvgIpc) is 2.50. The number of aryl methyl sites for hydroxylation is 1. The largest absolute Gasteiger partial charge is 0.393 e. The van der Waals surface area contributed by atoms with Gasteiger partial charge in [0, 0.05) is 4.47 Å². The highest BCUT2D eigenvalue weighted by Crippen LogP contribution is 2.30. The summed E-state index contributed by atoms with van der Waals surface area (Å²) in [5, 5.41) is 9.33. The van der Waals surface area contributed by atoms with Gasteiger partial charge in [-0.2, -0.15) is 0 Å². The molecule has 0 fully saturated rings. The predicted octanol–water partition coefficient (Wildman–Crippen LogP) is 2.86. The van der Waals surface area contributed by atoms with Crippen molar-refractivity contribution in [3.05, 3.63) is 33.3 Å². The van der Waals surface area contributed by atoms with Gasteiger partial charge in [-0.1, -0.05) is 22.0 Å². The molecule has 76 valence electrons. The molecule has 0 bridgehead atoms. The van der Waals surface area contributed by atoms with Crippen LogP contribution in [0.2, 0.25) is 0 Å². The Kier molecular flexibility index (Phi) is 2.93. The molecule has 1 nitrogen and oxygen atoms in total. The lowest BCUT2D eigenvalue weighted by molar-refractivity contribution is 0.195.